The van der Waals surface area contributed by atoms with Crippen molar-refractivity contribution in [2.24, 2.45) is 0 Å². The molecule has 28 heavy (non-hydrogen) atoms. The van der Waals surface area contributed by atoms with Gasteiger partial charge in [0, 0.05) is 21.0 Å². The molecule has 0 radical (unpaired) electrons. The minimum atomic E-state index is -3.90. The molecular formula is C20H12Cl3NO3S. The van der Waals surface area contributed by atoms with Gasteiger partial charge in [0.25, 0.3) is 10.0 Å². The van der Waals surface area contributed by atoms with E-state index in [0.29, 0.717) is 32.3 Å². The maximum Gasteiger partial charge on any atom is 0.262 e. The van der Waals surface area contributed by atoms with Crippen molar-refractivity contribution < 1.29 is 12.8 Å². The first-order valence-electron chi connectivity index (χ1n) is 8.10. The summed E-state index contributed by atoms with van der Waals surface area (Å²) in [6, 6.07) is 18.2. The van der Waals surface area contributed by atoms with Gasteiger partial charge in [-0.3, -0.25) is 4.72 Å². The summed E-state index contributed by atoms with van der Waals surface area (Å²) in [4.78, 5) is 0.0680. The number of fused-ring (bicyclic) bond motifs is 1. The number of rotatable bonds is 4. The van der Waals surface area contributed by atoms with Gasteiger partial charge in [-0.15, -0.1) is 0 Å². The third-order valence-corrected chi connectivity index (χ3v) is 6.22. The molecule has 0 aliphatic carbocycles. The third kappa shape index (κ3) is 3.59. The van der Waals surface area contributed by atoms with Crippen molar-refractivity contribution in [3.05, 3.63) is 81.8 Å². The van der Waals surface area contributed by atoms with E-state index < -0.39 is 10.0 Å². The molecule has 1 N–H and O–H groups in total. The van der Waals surface area contributed by atoms with Crippen LogP contribution in [0.25, 0.3) is 22.3 Å². The average Bonchev–Trinajstić information content (AvgIpc) is 3.01. The van der Waals surface area contributed by atoms with Crippen LogP contribution in [0, 0.1) is 0 Å². The Bertz CT molecular complexity index is 1270. The van der Waals surface area contributed by atoms with Crippen LogP contribution in [0.1, 0.15) is 0 Å². The van der Waals surface area contributed by atoms with Crippen molar-refractivity contribution in [1.29, 1.82) is 0 Å². The van der Waals surface area contributed by atoms with Crippen molar-refractivity contribution in [3.8, 4) is 11.3 Å². The summed E-state index contributed by atoms with van der Waals surface area (Å²) in [5.41, 5.74) is 1.30. The first-order valence-corrected chi connectivity index (χ1v) is 10.7. The Kier molecular flexibility index (Phi) is 5.02. The highest BCUT2D eigenvalue weighted by atomic mass is 35.5. The van der Waals surface area contributed by atoms with Gasteiger partial charge in [0.15, 0.2) is 11.3 Å². The second-order valence-corrected chi connectivity index (χ2v) is 8.96. The van der Waals surface area contributed by atoms with Gasteiger partial charge in [-0.25, -0.2) is 8.42 Å². The van der Waals surface area contributed by atoms with Crippen molar-refractivity contribution in [2.75, 3.05) is 4.72 Å². The minimum Gasteiger partial charge on any atom is -0.452 e. The van der Waals surface area contributed by atoms with Crippen LogP contribution in [0.5, 0.6) is 0 Å². The van der Waals surface area contributed by atoms with Gasteiger partial charge in [-0.2, -0.15) is 0 Å². The summed E-state index contributed by atoms with van der Waals surface area (Å²) in [6.07, 6.45) is 0. The fourth-order valence-corrected chi connectivity index (χ4v) is 4.57. The Labute approximate surface area is 176 Å². The number of hydrogen-bond acceptors (Lipinski definition) is 3. The zero-order chi connectivity index (χ0) is 19.9. The van der Waals surface area contributed by atoms with E-state index in [1.165, 1.54) is 24.3 Å². The second-order valence-electron chi connectivity index (χ2n) is 6.00. The van der Waals surface area contributed by atoms with E-state index >= 15 is 0 Å². The molecule has 0 aliphatic heterocycles. The number of nitrogens with one attached hydrogen (secondary N) is 1. The predicted molar refractivity (Wildman–Crippen MR) is 114 cm³/mol. The molecular weight excluding hydrogens is 441 g/mol. The smallest absolute Gasteiger partial charge is 0.262 e. The molecule has 0 unspecified atom stereocenters. The van der Waals surface area contributed by atoms with Crippen LogP contribution in [0.15, 0.2) is 76.0 Å². The van der Waals surface area contributed by atoms with Gasteiger partial charge in [-0.1, -0.05) is 65.1 Å². The molecule has 4 nitrogen and oxygen atoms in total. The molecule has 8 heteroatoms. The molecule has 142 valence electrons. The van der Waals surface area contributed by atoms with Gasteiger partial charge in [-0.05, 0) is 36.4 Å². The number of halogens is 3. The number of furan rings is 1. The first-order chi connectivity index (χ1) is 13.3. The fourth-order valence-electron chi connectivity index (χ4n) is 2.83. The Morgan fingerprint density at radius 1 is 0.821 bits per heavy atom. The normalized spacial score (nSPS) is 11.7. The molecule has 0 saturated carbocycles. The lowest BCUT2D eigenvalue weighted by Gasteiger charge is -2.09. The number of sulfonamides is 1. The lowest BCUT2D eigenvalue weighted by molar-refractivity contribution is 0.600. The Balaban J connectivity index is 1.93. The fraction of sp³-hybridized carbons (Fsp3) is 0. The van der Waals surface area contributed by atoms with Gasteiger partial charge in [0.1, 0.15) is 5.69 Å². The lowest BCUT2D eigenvalue weighted by atomic mass is 10.1. The molecule has 0 atom stereocenters. The maximum absolute atomic E-state index is 12.9. The van der Waals surface area contributed by atoms with E-state index in [1.807, 2.05) is 30.3 Å². The highest BCUT2D eigenvalue weighted by Crippen LogP contribution is 2.43. The third-order valence-electron chi connectivity index (χ3n) is 4.11. The molecule has 3 aromatic carbocycles. The Morgan fingerprint density at radius 2 is 1.50 bits per heavy atom. The maximum atomic E-state index is 12.9. The van der Waals surface area contributed by atoms with E-state index in [0.717, 1.165) is 0 Å². The largest absolute Gasteiger partial charge is 0.452 e. The second kappa shape index (κ2) is 7.33. The summed E-state index contributed by atoms with van der Waals surface area (Å²) in [6.45, 7) is 0. The first kappa shape index (κ1) is 19.2. The highest BCUT2D eigenvalue weighted by Gasteiger charge is 2.24. The Morgan fingerprint density at radius 3 is 2.18 bits per heavy atom. The molecule has 1 heterocycles. The summed E-state index contributed by atoms with van der Waals surface area (Å²) >= 11 is 18.3. The molecule has 0 saturated heterocycles. The summed E-state index contributed by atoms with van der Waals surface area (Å²) < 4.78 is 34.4. The molecule has 0 aliphatic rings. The van der Waals surface area contributed by atoms with E-state index in [4.69, 9.17) is 39.2 Å². The van der Waals surface area contributed by atoms with Crippen molar-refractivity contribution >= 4 is 61.5 Å². The molecule has 1 aromatic heterocycles. The molecule has 0 bridgehead atoms. The molecule has 0 amide bonds. The Hall–Kier alpha value is -2.18. The monoisotopic (exact) mass is 451 g/mol. The molecule has 4 rings (SSSR count). The topological polar surface area (TPSA) is 59.3 Å². The average molecular weight is 453 g/mol. The van der Waals surface area contributed by atoms with Gasteiger partial charge in [0.2, 0.25) is 0 Å². The number of anilines is 1. The number of benzene rings is 3. The van der Waals surface area contributed by atoms with Crippen LogP contribution in [-0.2, 0) is 10.0 Å². The highest BCUT2D eigenvalue weighted by molar-refractivity contribution is 7.92. The van der Waals surface area contributed by atoms with Crippen molar-refractivity contribution in [3.63, 3.8) is 0 Å². The van der Waals surface area contributed by atoms with Gasteiger partial charge in [0.05, 0.1) is 9.92 Å². The van der Waals surface area contributed by atoms with E-state index in [-0.39, 0.29) is 15.6 Å². The van der Waals surface area contributed by atoms with Crippen molar-refractivity contribution in [1.82, 2.24) is 0 Å². The van der Waals surface area contributed by atoms with Crippen LogP contribution < -0.4 is 4.72 Å². The summed E-state index contributed by atoms with van der Waals surface area (Å²) in [5, 5.41) is 1.56. The predicted octanol–water partition coefficient (Wildman–Crippen LogP) is 6.86. The van der Waals surface area contributed by atoms with Gasteiger partial charge >= 0.3 is 0 Å². The zero-order valence-electron chi connectivity index (χ0n) is 14.1. The number of hydrogen-bond donors (Lipinski definition) is 1. The summed E-state index contributed by atoms with van der Waals surface area (Å²) in [7, 11) is -3.90. The zero-order valence-corrected chi connectivity index (χ0v) is 17.2. The van der Waals surface area contributed by atoms with Gasteiger partial charge < -0.3 is 4.42 Å². The van der Waals surface area contributed by atoms with E-state index in [9.17, 15) is 8.42 Å². The quantitative estimate of drug-likeness (QED) is 0.368. The van der Waals surface area contributed by atoms with Crippen LogP contribution >= 0.6 is 34.8 Å². The molecule has 0 fully saturated rings. The lowest BCUT2D eigenvalue weighted by Crippen LogP contribution is -2.13. The standard InChI is InChI=1S/C20H12Cl3NO3S/c21-13-6-8-15(9-7-13)28(25,26)24-18-16-10-14(22)11-17(23)20(16)27-19(18)12-4-2-1-3-5-12/h1-11,24H. The minimum absolute atomic E-state index is 0.0680. The summed E-state index contributed by atoms with van der Waals surface area (Å²) in [5.74, 6) is 0.345. The van der Waals surface area contributed by atoms with Crippen LogP contribution in [0.4, 0.5) is 5.69 Å². The molecule has 4 aromatic rings. The van der Waals surface area contributed by atoms with Crippen LogP contribution in [0.3, 0.4) is 0 Å². The van der Waals surface area contributed by atoms with E-state index in [1.54, 1.807) is 12.1 Å². The van der Waals surface area contributed by atoms with Crippen LogP contribution in [-0.4, -0.2) is 8.42 Å². The SMILES string of the molecule is O=S(=O)(Nc1c(-c2ccccc2)oc2c(Cl)cc(Cl)cc12)c1ccc(Cl)cc1. The van der Waals surface area contributed by atoms with Crippen molar-refractivity contribution in [2.45, 2.75) is 4.90 Å². The van der Waals surface area contributed by atoms with E-state index in [2.05, 4.69) is 4.72 Å². The van der Waals surface area contributed by atoms with Crippen LogP contribution in [0.2, 0.25) is 15.1 Å². The molecule has 0 spiro atoms.